The van der Waals surface area contributed by atoms with Crippen LogP contribution in [0.15, 0.2) is 0 Å². The maximum absolute atomic E-state index is 10.4. The third kappa shape index (κ3) is 4.99. The minimum absolute atomic E-state index is 0.0869. The molecule has 0 aromatic heterocycles. The molecule has 0 radical (unpaired) electrons. The Morgan fingerprint density at radius 1 is 1.70 bits per heavy atom. The summed E-state index contributed by atoms with van der Waals surface area (Å²) >= 11 is 5.30. The van der Waals surface area contributed by atoms with Crippen LogP contribution in [-0.2, 0) is 14.3 Å². The molecule has 1 atom stereocenters. The largest absolute Gasteiger partial charge is 0.328 e. The standard InChI is InChI=1S/C4H10ClNO3S/c1-10(7,8)9-4(2-5)3-6/h4H,2-3,6H2,1H3/t4-/m1/s1. The van der Waals surface area contributed by atoms with Crippen LogP contribution in [0.5, 0.6) is 0 Å². The van der Waals surface area contributed by atoms with Crippen LogP contribution in [0.2, 0.25) is 0 Å². The van der Waals surface area contributed by atoms with Gasteiger partial charge in [-0.1, -0.05) is 0 Å². The van der Waals surface area contributed by atoms with Crippen LogP contribution < -0.4 is 5.73 Å². The molecule has 62 valence electrons. The van der Waals surface area contributed by atoms with Gasteiger partial charge in [-0.3, -0.25) is 4.18 Å². The van der Waals surface area contributed by atoms with E-state index in [4.69, 9.17) is 17.3 Å². The highest BCUT2D eigenvalue weighted by Gasteiger charge is 2.11. The van der Waals surface area contributed by atoms with Crippen molar-refractivity contribution in [3.63, 3.8) is 0 Å². The van der Waals surface area contributed by atoms with Gasteiger partial charge in [0.25, 0.3) is 10.1 Å². The zero-order valence-electron chi connectivity index (χ0n) is 5.58. The first kappa shape index (κ1) is 10.2. The highest BCUT2D eigenvalue weighted by molar-refractivity contribution is 7.86. The highest BCUT2D eigenvalue weighted by atomic mass is 35.5. The first-order valence-corrected chi connectivity index (χ1v) is 4.99. The zero-order valence-corrected chi connectivity index (χ0v) is 7.15. The van der Waals surface area contributed by atoms with E-state index < -0.39 is 16.2 Å². The van der Waals surface area contributed by atoms with Crippen molar-refractivity contribution in [3.05, 3.63) is 0 Å². The Morgan fingerprint density at radius 2 is 2.20 bits per heavy atom. The smallest absolute Gasteiger partial charge is 0.264 e. The minimum atomic E-state index is -3.41. The third-order valence-electron chi connectivity index (χ3n) is 0.746. The molecule has 4 nitrogen and oxygen atoms in total. The summed E-state index contributed by atoms with van der Waals surface area (Å²) in [4.78, 5) is 0. The van der Waals surface area contributed by atoms with Gasteiger partial charge in [-0.05, 0) is 0 Å². The summed E-state index contributed by atoms with van der Waals surface area (Å²) in [5.41, 5.74) is 5.12. The Hall–Kier alpha value is 0.160. The molecule has 6 heteroatoms. The van der Waals surface area contributed by atoms with E-state index in [1.807, 2.05) is 0 Å². The number of rotatable bonds is 4. The number of hydrogen-bond donors (Lipinski definition) is 1. The maximum atomic E-state index is 10.4. The van der Waals surface area contributed by atoms with Crippen molar-refractivity contribution < 1.29 is 12.6 Å². The van der Waals surface area contributed by atoms with E-state index in [1.165, 1.54) is 0 Å². The maximum Gasteiger partial charge on any atom is 0.264 e. The molecule has 0 aliphatic heterocycles. The number of halogens is 1. The first-order chi connectivity index (χ1) is 4.49. The fourth-order valence-corrected chi connectivity index (χ4v) is 1.28. The average Bonchev–Trinajstić information content (AvgIpc) is 1.81. The van der Waals surface area contributed by atoms with Crippen LogP contribution in [0.25, 0.3) is 0 Å². The van der Waals surface area contributed by atoms with Crippen LogP contribution in [0, 0.1) is 0 Å². The summed E-state index contributed by atoms with van der Waals surface area (Å²) in [6.45, 7) is 0.108. The van der Waals surface area contributed by atoms with Gasteiger partial charge in [0.1, 0.15) is 6.10 Å². The van der Waals surface area contributed by atoms with Crippen molar-refractivity contribution in [2.45, 2.75) is 6.10 Å². The van der Waals surface area contributed by atoms with Gasteiger partial charge in [0.15, 0.2) is 0 Å². The van der Waals surface area contributed by atoms with Gasteiger partial charge in [0.05, 0.1) is 12.1 Å². The highest BCUT2D eigenvalue weighted by Crippen LogP contribution is 1.97. The monoisotopic (exact) mass is 187 g/mol. The van der Waals surface area contributed by atoms with Crippen LogP contribution in [-0.4, -0.2) is 33.2 Å². The zero-order chi connectivity index (χ0) is 8.20. The molecule has 0 spiro atoms. The van der Waals surface area contributed by atoms with Gasteiger partial charge in [0.2, 0.25) is 0 Å². The predicted octanol–water partition coefficient (Wildman–Crippen LogP) is -0.471. The van der Waals surface area contributed by atoms with Gasteiger partial charge < -0.3 is 5.73 Å². The molecule has 0 amide bonds. The lowest BCUT2D eigenvalue weighted by Crippen LogP contribution is -2.27. The summed E-state index contributed by atoms with van der Waals surface area (Å²) in [5.74, 6) is 0.0869. The summed E-state index contributed by atoms with van der Waals surface area (Å²) in [6, 6.07) is 0. The molecule has 10 heavy (non-hydrogen) atoms. The lowest BCUT2D eigenvalue weighted by Gasteiger charge is -2.08. The van der Waals surface area contributed by atoms with Crippen LogP contribution in [0.4, 0.5) is 0 Å². The second kappa shape index (κ2) is 4.12. The Bertz CT molecular complexity index is 175. The van der Waals surface area contributed by atoms with E-state index in [-0.39, 0.29) is 12.4 Å². The van der Waals surface area contributed by atoms with Crippen LogP contribution in [0.3, 0.4) is 0 Å². The molecule has 0 aromatic carbocycles. The van der Waals surface area contributed by atoms with Gasteiger partial charge in [-0.2, -0.15) is 8.42 Å². The number of nitrogens with two attached hydrogens (primary N) is 1. The SMILES string of the molecule is CS(=O)(=O)O[C@@H](CN)CCl. The van der Waals surface area contributed by atoms with Crippen molar-refractivity contribution in [3.8, 4) is 0 Å². The molecular formula is C4H10ClNO3S. The van der Waals surface area contributed by atoms with Crippen molar-refractivity contribution in [2.24, 2.45) is 5.73 Å². The normalized spacial score (nSPS) is 15.1. The second-order valence-corrected chi connectivity index (χ2v) is 3.72. The van der Waals surface area contributed by atoms with E-state index in [2.05, 4.69) is 4.18 Å². The molecule has 0 aromatic rings. The predicted molar refractivity (Wildman–Crippen MR) is 39.5 cm³/mol. The quantitative estimate of drug-likeness (QED) is 0.477. The third-order valence-corrected chi connectivity index (χ3v) is 1.71. The Morgan fingerprint density at radius 3 is 2.30 bits per heavy atom. The second-order valence-electron chi connectivity index (χ2n) is 1.81. The van der Waals surface area contributed by atoms with E-state index in [0.29, 0.717) is 0 Å². The fraction of sp³-hybridized carbons (Fsp3) is 1.00. The Balaban J connectivity index is 3.87. The van der Waals surface area contributed by atoms with Gasteiger partial charge in [0, 0.05) is 6.54 Å². The molecular weight excluding hydrogens is 178 g/mol. The van der Waals surface area contributed by atoms with E-state index in [1.54, 1.807) is 0 Å². The molecule has 0 bridgehead atoms. The number of alkyl halides is 1. The molecule has 0 saturated heterocycles. The van der Waals surface area contributed by atoms with Crippen molar-refractivity contribution >= 4 is 21.7 Å². The van der Waals surface area contributed by atoms with E-state index in [9.17, 15) is 8.42 Å². The topological polar surface area (TPSA) is 69.4 Å². The lowest BCUT2D eigenvalue weighted by atomic mass is 10.4. The summed E-state index contributed by atoms with van der Waals surface area (Å²) < 4.78 is 25.3. The van der Waals surface area contributed by atoms with Crippen molar-refractivity contribution in [1.29, 1.82) is 0 Å². The molecule has 0 unspecified atom stereocenters. The van der Waals surface area contributed by atoms with Crippen molar-refractivity contribution in [2.75, 3.05) is 18.7 Å². The van der Waals surface area contributed by atoms with E-state index >= 15 is 0 Å². The van der Waals surface area contributed by atoms with Gasteiger partial charge >= 0.3 is 0 Å². The molecule has 0 aliphatic carbocycles. The minimum Gasteiger partial charge on any atom is -0.328 e. The fourth-order valence-electron chi connectivity index (χ4n) is 0.375. The molecule has 2 N–H and O–H groups in total. The molecule has 0 rings (SSSR count). The van der Waals surface area contributed by atoms with Gasteiger partial charge in [-0.25, -0.2) is 0 Å². The Labute approximate surface area is 65.4 Å². The molecule has 0 saturated carbocycles. The van der Waals surface area contributed by atoms with Crippen LogP contribution in [0.1, 0.15) is 0 Å². The lowest BCUT2D eigenvalue weighted by molar-refractivity contribution is 0.242. The first-order valence-electron chi connectivity index (χ1n) is 2.64. The Kier molecular flexibility index (Phi) is 4.19. The average molecular weight is 188 g/mol. The summed E-state index contributed by atoms with van der Waals surface area (Å²) in [5, 5.41) is 0. The molecule has 0 aliphatic rings. The van der Waals surface area contributed by atoms with Crippen LogP contribution >= 0.6 is 11.6 Å². The van der Waals surface area contributed by atoms with Crippen molar-refractivity contribution in [1.82, 2.24) is 0 Å². The molecule has 0 fully saturated rings. The van der Waals surface area contributed by atoms with E-state index in [0.717, 1.165) is 6.26 Å². The summed E-state index contributed by atoms with van der Waals surface area (Å²) in [6.07, 6.45) is 0.360. The molecule has 0 heterocycles. The summed E-state index contributed by atoms with van der Waals surface area (Å²) in [7, 11) is -3.41. The van der Waals surface area contributed by atoms with Gasteiger partial charge in [-0.15, -0.1) is 11.6 Å². The number of hydrogen-bond acceptors (Lipinski definition) is 4.